The lowest BCUT2D eigenvalue weighted by Crippen LogP contribution is -2.40. The van der Waals surface area contributed by atoms with Crippen molar-refractivity contribution in [2.45, 2.75) is 19.3 Å². The highest BCUT2D eigenvalue weighted by Crippen LogP contribution is 2.18. The summed E-state index contributed by atoms with van der Waals surface area (Å²) >= 11 is 0. The molecule has 0 aromatic heterocycles. The van der Waals surface area contributed by atoms with E-state index in [0.29, 0.717) is 18.9 Å². The van der Waals surface area contributed by atoms with Gasteiger partial charge >= 0.3 is 0 Å². The maximum absolute atomic E-state index is 12.1. The highest BCUT2D eigenvalue weighted by molar-refractivity contribution is 5.85. The minimum atomic E-state index is -0.441. The van der Waals surface area contributed by atoms with Crippen LogP contribution in [0.1, 0.15) is 18.4 Å². The van der Waals surface area contributed by atoms with E-state index < -0.39 is 4.92 Å². The van der Waals surface area contributed by atoms with Crippen LogP contribution < -0.4 is 5.73 Å². The van der Waals surface area contributed by atoms with Crippen LogP contribution >= 0.6 is 12.4 Å². The number of non-ortho nitro benzene ring substituents is 1. The summed E-state index contributed by atoms with van der Waals surface area (Å²) in [6.45, 7) is 2.20. The van der Waals surface area contributed by atoms with Gasteiger partial charge < -0.3 is 10.6 Å². The summed E-state index contributed by atoms with van der Waals surface area (Å²) in [7, 11) is 0. The Labute approximate surface area is 129 Å². The molecule has 1 aromatic carbocycles. The average molecular weight is 314 g/mol. The van der Waals surface area contributed by atoms with Gasteiger partial charge in [0.05, 0.1) is 11.3 Å². The van der Waals surface area contributed by atoms with E-state index in [0.717, 1.165) is 31.5 Å². The molecule has 2 rings (SSSR count). The van der Waals surface area contributed by atoms with Gasteiger partial charge in [-0.15, -0.1) is 12.4 Å². The molecule has 21 heavy (non-hydrogen) atoms. The largest absolute Gasteiger partial charge is 0.342 e. The lowest BCUT2D eigenvalue weighted by Gasteiger charge is -2.31. The smallest absolute Gasteiger partial charge is 0.269 e. The molecule has 1 aliphatic heterocycles. The number of piperidine rings is 1. The molecule has 7 heteroatoms. The zero-order chi connectivity index (χ0) is 14.5. The maximum atomic E-state index is 12.1. The van der Waals surface area contributed by atoms with Crippen LogP contribution in [0.25, 0.3) is 0 Å². The van der Waals surface area contributed by atoms with E-state index in [9.17, 15) is 14.9 Å². The summed E-state index contributed by atoms with van der Waals surface area (Å²) in [4.78, 5) is 24.1. The van der Waals surface area contributed by atoms with Crippen LogP contribution in [-0.2, 0) is 11.2 Å². The fourth-order valence-electron chi connectivity index (χ4n) is 2.44. The number of rotatable bonds is 4. The molecular formula is C14H20ClN3O3. The summed E-state index contributed by atoms with van der Waals surface area (Å²) < 4.78 is 0. The number of benzene rings is 1. The number of carbonyl (C=O) groups is 1. The number of nitrogens with zero attached hydrogens (tertiary/aromatic N) is 2. The lowest BCUT2D eigenvalue weighted by atomic mass is 9.96. The molecule has 116 valence electrons. The molecule has 1 amide bonds. The molecule has 0 unspecified atom stereocenters. The molecule has 0 bridgehead atoms. The molecule has 1 aromatic rings. The minimum Gasteiger partial charge on any atom is -0.342 e. The minimum absolute atomic E-state index is 0. The SMILES string of the molecule is Cl.NCC1CCN(C(=O)Cc2ccc([N+](=O)[O-])cc2)CC1. The fourth-order valence-corrected chi connectivity index (χ4v) is 2.44. The van der Waals surface area contributed by atoms with Gasteiger partial charge in [-0.25, -0.2) is 0 Å². The van der Waals surface area contributed by atoms with Crippen molar-refractivity contribution in [3.05, 3.63) is 39.9 Å². The van der Waals surface area contributed by atoms with Gasteiger partial charge in [-0.1, -0.05) is 12.1 Å². The number of hydrogen-bond donors (Lipinski definition) is 1. The second-order valence-corrected chi connectivity index (χ2v) is 5.16. The van der Waals surface area contributed by atoms with Gasteiger partial charge in [-0.2, -0.15) is 0 Å². The molecule has 0 atom stereocenters. The highest BCUT2D eigenvalue weighted by Gasteiger charge is 2.21. The fraction of sp³-hybridized carbons (Fsp3) is 0.500. The third kappa shape index (κ3) is 4.68. The normalized spacial score (nSPS) is 15.4. The Hall–Kier alpha value is -1.66. The highest BCUT2D eigenvalue weighted by atomic mass is 35.5. The number of nitrogens with two attached hydrogens (primary N) is 1. The zero-order valence-corrected chi connectivity index (χ0v) is 12.6. The first-order valence-electron chi connectivity index (χ1n) is 6.81. The van der Waals surface area contributed by atoms with Crippen LogP contribution in [-0.4, -0.2) is 35.4 Å². The third-order valence-electron chi connectivity index (χ3n) is 3.80. The summed E-state index contributed by atoms with van der Waals surface area (Å²) in [6.07, 6.45) is 2.22. The topological polar surface area (TPSA) is 89.5 Å². The Morgan fingerprint density at radius 1 is 1.29 bits per heavy atom. The van der Waals surface area contributed by atoms with Crippen LogP contribution in [0.15, 0.2) is 24.3 Å². The number of nitro benzene ring substituents is 1. The molecule has 1 fully saturated rings. The quantitative estimate of drug-likeness (QED) is 0.677. The van der Waals surface area contributed by atoms with Gasteiger partial charge in [-0.05, 0) is 30.9 Å². The number of amides is 1. The predicted molar refractivity (Wildman–Crippen MR) is 82.4 cm³/mol. The number of halogens is 1. The summed E-state index contributed by atoms with van der Waals surface area (Å²) in [6, 6.07) is 6.15. The van der Waals surface area contributed by atoms with Crippen molar-refractivity contribution in [2.24, 2.45) is 11.7 Å². The Morgan fingerprint density at radius 2 is 1.86 bits per heavy atom. The average Bonchev–Trinajstić information content (AvgIpc) is 2.48. The van der Waals surface area contributed by atoms with Crippen LogP contribution in [0.2, 0.25) is 0 Å². The lowest BCUT2D eigenvalue weighted by molar-refractivity contribution is -0.384. The number of nitro groups is 1. The molecule has 1 heterocycles. The van der Waals surface area contributed by atoms with E-state index in [1.165, 1.54) is 12.1 Å². The van der Waals surface area contributed by atoms with E-state index in [1.807, 2.05) is 4.90 Å². The molecule has 0 radical (unpaired) electrons. The van der Waals surface area contributed by atoms with Crippen LogP contribution in [0.4, 0.5) is 5.69 Å². The van der Waals surface area contributed by atoms with Crippen LogP contribution in [0, 0.1) is 16.0 Å². The molecule has 6 nitrogen and oxygen atoms in total. The standard InChI is InChI=1S/C14H19N3O3.ClH/c15-10-12-5-7-16(8-6-12)14(18)9-11-1-3-13(4-2-11)17(19)20;/h1-4,12H,5-10,15H2;1H. The molecule has 1 saturated heterocycles. The van der Waals surface area contributed by atoms with Crippen molar-refractivity contribution >= 4 is 24.0 Å². The summed E-state index contributed by atoms with van der Waals surface area (Å²) in [5.74, 6) is 0.604. The molecule has 0 saturated carbocycles. The molecule has 0 spiro atoms. The maximum Gasteiger partial charge on any atom is 0.269 e. The van der Waals surface area contributed by atoms with Crippen molar-refractivity contribution in [2.75, 3.05) is 19.6 Å². The van der Waals surface area contributed by atoms with Crippen molar-refractivity contribution in [3.63, 3.8) is 0 Å². The van der Waals surface area contributed by atoms with Crippen molar-refractivity contribution in [1.29, 1.82) is 0 Å². The first-order valence-corrected chi connectivity index (χ1v) is 6.81. The monoisotopic (exact) mass is 313 g/mol. The van der Waals surface area contributed by atoms with Gasteiger partial charge in [0.25, 0.3) is 5.69 Å². The summed E-state index contributed by atoms with van der Waals surface area (Å²) in [5, 5.41) is 10.6. The third-order valence-corrected chi connectivity index (χ3v) is 3.80. The van der Waals surface area contributed by atoms with Gasteiger partial charge in [0.2, 0.25) is 5.91 Å². The Bertz CT molecular complexity index is 485. The Balaban J connectivity index is 0.00000220. The Kier molecular flexibility index (Phi) is 6.58. The first kappa shape index (κ1) is 17.4. The number of likely N-dealkylation sites (tertiary alicyclic amines) is 1. The van der Waals surface area contributed by atoms with E-state index in [2.05, 4.69) is 0 Å². The second kappa shape index (κ2) is 7.95. The predicted octanol–water partition coefficient (Wildman–Crippen LogP) is 1.76. The van der Waals surface area contributed by atoms with E-state index >= 15 is 0 Å². The Morgan fingerprint density at radius 3 is 2.33 bits per heavy atom. The molecule has 1 aliphatic rings. The summed E-state index contributed by atoms with van der Waals surface area (Å²) in [5.41, 5.74) is 6.48. The van der Waals surface area contributed by atoms with Crippen LogP contribution in [0.3, 0.4) is 0 Å². The number of carbonyl (C=O) groups excluding carboxylic acids is 1. The van der Waals surface area contributed by atoms with Crippen molar-refractivity contribution < 1.29 is 9.72 Å². The van der Waals surface area contributed by atoms with Gasteiger partial charge in [0, 0.05) is 25.2 Å². The van der Waals surface area contributed by atoms with Crippen molar-refractivity contribution in [1.82, 2.24) is 4.90 Å². The van der Waals surface area contributed by atoms with Gasteiger partial charge in [-0.3, -0.25) is 14.9 Å². The van der Waals surface area contributed by atoms with E-state index in [-0.39, 0.29) is 24.0 Å². The first-order chi connectivity index (χ1) is 9.60. The van der Waals surface area contributed by atoms with E-state index in [1.54, 1.807) is 12.1 Å². The van der Waals surface area contributed by atoms with Gasteiger partial charge in [0.1, 0.15) is 0 Å². The van der Waals surface area contributed by atoms with Gasteiger partial charge in [0.15, 0.2) is 0 Å². The molecular weight excluding hydrogens is 294 g/mol. The van der Waals surface area contributed by atoms with Crippen molar-refractivity contribution in [3.8, 4) is 0 Å². The second-order valence-electron chi connectivity index (χ2n) is 5.16. The molecule has 0 aliphatic carbocycles. The number of hydrogen-bond acceptors (Lipinski definition) is 4. The van der Waals surface area contributed by atoms with E-state index in [4.69, 9.17) is 5.73 Å². The van der Waals surface area contributed by atoms with Crippen LogP contribution in [0.5, 0.6) is 0 Å². The molecule has 2 N–H and O–H groups in total. The zero-order valence-electron chi connectivity index (χ0n) is 11.7.